The summed E-state index contributed by atoms with van der Waals surface area (Å²) in [4.78, 5) is 22.0. The molecule has 0 N–H and O–H groups in total. The highest BCUT2D eigenvalue weighted by molar-refractivity contribution is 5.83. The van der Waals surface area contributed by atoms with Gasteiger partial charge < -0.3 is 9.80 Å². The predicted molar refractivity (Wildman–Crippen MR) is 118 cm³/mol. The monoisotopic (exact) mass is 406 g/mol. The number of aromatic nitrogens is 4. The summed E-state index contributed by atoms with van der Waals surface area (Å²) >= 11 is 0. The summed E-state index contributed by atoms with van der Waals surface area (Å²) in [6.45, 7) is 9.23. The van der Waals surface area contributed by atoms with Crippen molar-refractivity contribution in [2.45, 2.75) is 46.0 Å². The molecule has 7 nitrogen and oxygen atoms in total. The number of hydrogen-bond donors (Lipinski definition) is 0. The van der Waals surface area contributed by atoms with E-state index >= 15 is 0 Å². The second-order valence-corrected chi connectivity index (χ2v) is 7.91. The first kappa shape index (κ1) is 20.3. The number of carbonyl (C=O) groups is 1. The Morgan fingerprint density at radius 1 is 1.07 bits per heavy atom. The molecule has 1 aliphatic heterocycles. The maximum Gasteiger partial charge on any atom is 0.257 e. The minimum absolute atomic E-state index is 0.119. The number of amides is 1. The molecule has 1 aromatic carbocycles. The maximum atomic E-state index is 13.0. The molecule has 1 atom stereocenters. The third-order valence-corrected chi connectivity index (χ3v) is 5.92. The number of rotatable bonds is 6. The first-order valence-corrected chi connectivity index (χ1v) is 10.9. The summed E-state index contributed by atoms with van der Waals surface area (Å²) in [5, 5.41) is 8.60. The summed E-state index contributed by atoms with van der Waals surface area (Å²) in [5.41, 5.74) is 2.27. The van der Waals surface area contributed by atoms with Crippen molar-refractivity contribution in [3.63, 3.8) is 0 Å². The molecule has 0 aliphatic carbocycles. The molecule has 7 heteroatoms. The summed E-state index contributed by atoms with van der Waals surface area (Å²) in [5.74, 6) is 2.64. The number of hydrogen-bond acceptors (Lipinski definition) is 5. The van der Waals surface area contributed by atoms with E-state index in [2.05, 4.69) is 39.4 Å². The molecule has 3 aromatic rings. The van der Waals surface area contributed by atoms with Crippen molar-refractivity contribution in [3.05, 3.63) is 53.5 Å². The number of anilines is 1. The number of fused-ring (bicyclic) bond motifs is 1. The lowest BCUT2D eigenvalue weighted by molar-refractivity contribution is -0.132. The van der Waals surface area contributed by atoms with Gasteiger partial charge in [-0.3, -0.25) is 9.20 Å². The van der Waals surface area contributed by atoms with Crippen LogP contribution in [0.4, 0.5) is 5.82 Å². The zero-order valence-electron chi connectivity index (χ0n) is 18.1. The molecular weight excluding hydrogens is 376 g/mol. The van der Waals surface area contributed by atoms with Crippen LogP contribution >= 0.6 is 0 Å². The van der Waals surface area contributed by atoms with Crippen molar-refractivity contribution in [2.24, 2.45) is 0 Å². The number of nitrogens with zero attached hydrogens (tertiary/aromatic N) is 6. The fraction of sp³-hybridized carbons (Fsp3) is 0.478. The fourth-order valence-electron chi connectivity index (χ4n) is 4.17. The number of aryl methyl sites for hydroxylation is 2. The van der Waals surface area contributed by atoms with Gasteiger partial charge in [0.25, 0.3) is 5.78 Å². The maximum absolute atomic E-state index is 13.0. The first-order chi connectivity index (χ1) is 14.6. The van der Waals surface area contributed by atoms with Crippen molar-refractivity contribution in [1.82, 2.24) is 24.5 Å². The second kappa shape index (κ2) is 8.81. The van der Waals surface area contributed by atoms with Gasteiger partial charge >= 0.3 is 0 Å². The van der Waals surface area contributed by atoms with Crippen LogP contribution in [-0.4, -0.2) is 56.6 Å². The average Bonchev–Trinajstić information content (AvgIpc) is 3.22. The zero-order chi connectivity index (χ0) is 21.1. The van der Waals surface area contributed by atoms with Gasteiger partial charge in [0.05, 0.1) is 5.92 Å². The van der Waals surface area contributed by atoms with Crippen LogP contribution in [0.25, 0.3) is 5.78 Å². The minimum Gasteiger partial charge on any atom is -0.353 e. The lowest BCUT2D eigenvalue weighted by Gasteiger charge is -2.36. The van der Waals surface area contributed by atoms with E-state index in [0.29, 0.717) is 18.9 Å². The molecule has 1 fully saturated rings. The smallest absolute Gasteiger partial charge is 0.257 e. The molecule has 0 bridgehead atoms. The van der Waals surface area contributed by atoms with Gasteiger partial charge in [0.1, 0.15) is 11.6 Å². The molecule has 158 valence electrons. The van der Waals surface area contributed by atoms with Gasteiger partial charge in [0, 0.05) is 44.4 Å². The highest BCUT2D eigenvalue weighted by Crippen LogP contribution is 2.22. The Kier molecular flexibility index (Phi) is 5.97. The van der Waals surface area contributed by atoms with E-state index in [0.717, 1.165) is 49.6 Å². The highest BCUT2D eigenvalue weighted by Gasteiger charge is 2.27. The van der Waals surface area contributed by atoms with E-state index < -0.39 is 0 Å². The number of benzene rings is 1. The Morgan fingerprint density at radius 2 is 1.80 bits per heavy atom. The van der Waals surface area contributed by atoms with Gasteiger partial charge in [0.15, 0.2) is 0 Å². The van der Waals surface area contributed by atoms with E-state index in [1.807, 2.05) is 42.2 Å². The molecule has 0 saturated carbocycles. The SMILES string of the molecule is CCCc1cc(N2CCN(C(=O)[C@H](C)c3ccccc3)CC2)nc2nnc(CC)n12. The zero-order valence-corrected chi connectivity index (χ0v) is 18.1. The highest BCUT2D eigenvalue weighted by atomic mass is 16.2. The Hall–Kier alpha value is -2.96. The molecule has 0 unspecified atom stereocenters. The number of piperazine rings is 1. The van der Waals surface area contributed by atoms with Crippen LogP contribution in [0.3, 0.4) is 0 Å². The molecule has 0 radical (unpaired) electrons. The van der Waals surface area contributed by atoms with Crippen LogP contribution in [-0.2, 0) is 17.6 Å². The third-order valence-electron chi connectivity index (χ3n) is 5.92. The lowest BCUT2D eigenvalue weighted by Crippen LogP contribution is -2.50. The summed E-state index contributed by atoms with van der Waals surface area (Å²) in [6, 6.07) is 12.2. The topological polar surface area (TPSA) is 66.6 Å². The fourth-order valence-corrected chi connectivity index (χ4v) is 4.17. The molecule has 30 heavy (non-hydrogen) atoms. The van der Waals surface area contributed by atoms with E-state index in [-0.39, 0.29) is 11.8 Å². The molecule has 4 rings (SSSR count). The van der Waals surface area contributed by atoms with Crippen molar-refractivity contribution in [1.29, 1.82) is 0 Å². The Labute approximate surface area is 177 Å². The molecule has 0 spiro atoms. The summed E-state index contributed by atoms with van der Waals surface area (Å²) < 4.78 is 2.09. The minimum atomic E-state index is -0.119. The van der Waals surface area contributed by atoms with Crippen LogP contribution < -0.4 is 4.90 Å². The quantitative estimate of drug-likeness (QED) is 0.629. The van der Waals surface area contributed by atoms with Crippen LogP contribution in [0.2, 0.25) is 0 Å². The molecule has 2 aromatic heterocycles. The Morgan fingerprint density at radius 3 is 2.47 bits per heavy atom. The van der Waals surface area contributed by atoms with Crippen LogP contribution in [0.1, 0.15) is 50.2 Å². The van der Waals surface area contributed by atoms with Gasteiger partial charge in [-0.1, -0.05) is 50.6 Å². The van der Waals surface area contributed by atoms with Gasteiger partial charge in [-0.25, -0.2) is 0 Å². The van der Waals surface area contributed by atoms with E-state index in [1.165, 1.54) is 5.69 Å². The van der Waals surface area contributed by atoms with Gasteiger partial charge in [0.2, 0.25) is 5.91 Å². The molecule has 1 amide bonds. The second-order valence-electron chi connectivity index (χ2n) is 7.91. The van der Waals surface area contributed by atoms with E-state index in [9.17, 15) is 4.79 Å². The van der Waals surface area contributed by atoms with Gasteiger partial charge in [-0.05, 0) is 18.9 Å². The standard InChI is InChI=1S/C23H30N6O/c1-4-9-19-16-21(24-23-26-25-20(5-2)29(19)23)27-12-14-28(15-13-27)22(30)17(3)18-10-7-6-8-11-18/h6-8,10-11,16-17H,4-5,9,12-15H2,1-3H3/t17-/m1/s1. The van der Waals surface area contributed by atoms with E-state index in [1.54, 1.807) is 0 Å². The van der Waals surface area contributed by atoms with Crippen LogP contribution in [0, 0.1) is 0 Å². The van der Waals surface area contributed by atoms with Crippen molar-refractivity contribution in [3.8, 4) is 0 Å². The largest absolute Gasteiger partial charge is 0.353 e. The first-order valence-electron chi connectivity index (χ1n) is 10.9. The third kappa shape index (κ3) is 3.88. The van der Waals surface area contributed by atoms with E-state index in [4.69, 9.17) is 4.98 Å². The molecule has 1 saturated heterocycles. The normalized spacial score (nSPS) is 15.6. The van der Waals surface area contributed by atoms with Gasteiger partial charge in [-0.2, -0.15) is 4.98 Å². The number of carbonyl (C=O) groups excluding carboxylic acids is 1. The molecule has 1 aliphatic rings. The van der Waals surface area contributed by atoms with Gasteiger partial charge in [-0.15, -0.1) is 10.2 Å². The van der Waals surface area contributed by atoms with Crippen LogP contribution in [0.15, 0.2) is 36.4 Å². The summed E-state index contributed by atoms with van der Waals surface area (Å²) in [7, 11) is 0. The molecule has 3 heterocycles. The Balaban J connectivity index is 1.49. The predicted octanol–water partition coefficient (Wildman–Crippen LogP) is 3.09. The van der Waals surface area contributed by atoms with Crippen molar-refractivity contribution < 1.29 is 4.79 Å². The average molecular weight is 407 g/mol. The summed E-state index contributed by atoms with van der Waals surface area (Å²) in [6.07, 6.45) is 2.85. The Bertz CT molecular complexity index is 1010. The van der Waals surface area contributed by atoms with Crippen molar-refractivity contribution >= 4 is 17.5 Å². The van der Waals surface area contributed by atoms with Crippen molar-refractivity contribution in [2.75, 3.05) is 31.1 Å². The van der Waals surface area contributed by atoms with Crippen LogP contribution in [0.5, 0.6) is 0 Å². The lowest BCUT2D eigenvalue weighted by atomic mass is 9.99. The molecular formula is C23H30N6O.